The number of hydrogen-bond donors (Lipinski definition) is 1. The molecule has 1 N–H and O–H groups in total. The van der Waals surface area contributed by atoms with E-state index < -0.39 is 0 Å². The van der Waals surface area contributed by atoms with Gasteiger partial charge in [0.15, 0.2) is 11.6 Å². The number of aliphatic hydroxyl groups is 1. The highest BCUT2D eigenvalue weighted by Gasteiger charge is 2.37. The molecule has 9 heteroatoms. The topological polar surface area (TPSA) is 92.3 Å². The Balaban J connectivity index is 1.55. The van der Waals surface area contributed by atoms with Gasteiger partial charge in [-0.25, -0.2) is 0 Å². The van der Waals surface area contributed by atoms with Gasteiger partial charge in [-0.05, 0) is 20.3 Å². The van der Waals surface area contributed by atoms with Crippen LogP contribution in [0.15, 0.2) is 6.20 Å². The summed E-state index contributed by atoms with van der Waals surface area (Å²) in [5.74, 6) is 1.86. The Kier molecular flexibility index (Phi) is 5.44. The third kappa shape index (κ3) is 3.69. The summed E-state index contributed by atoms with van der Waals surface area (Å²) in [6.45, 7) is 12.1. The van der Waals surface area contributed by atoms with Crippen molar-refractivity contribution in [3.8, 4) is 0 Å². The van der Waals surface area contributed by atoms with Gasteiger partial charge in [-0.15, -0.1) is 10.2 Å². The number of aliphatic hydroxyl groups excluding tert-OH is 1. The smallest absolute Gasteiger partial charge is 0.225 e. The van der Waals surface area contributed by atoms with E-state index in [-0.39, 0.29) is 24.0 Å². The van der Waals surface area contributed by atoms with Gasteiger partial charge in [0.25, 0.3) is 0 Å². The van der Waals surface area contributed by atoms with Crippen LogP contribution >= 0.6 is 0 Å². The second-order valence-electron chi connectivity index (χ2n) is 8.45. The standard InChI is InChI=1S/C20H31N7O2/c1-5-27-14(4)15(9-21-27)10-25-11-16(28)8-17(25)19-23-22-18-12-24(6-7-26(18)19)20(29)13(2)3/h9,13,16-17,28H,5-8,10-12H2,1-4H3/t16-,17-/m0/s1. The zero-order valence-corrected chi connectivity index (χ0v) is 17.7. The molecule has 2 aromatic heterocycles. The molecule has 0 bridgehead atoms. The number of nitrogens with zero attached hydrogens (tertiary/aromatic N) is 7. The number of fused-ring (bicyclic) bond motifs is 1. The molecule has 2 aliphatic heterocycles. The molecule has 29 heavy (non-hydrogen) atoms. The highest BCUT2D eigenvalue weighted by molar-refractivity contribution is 5.78. The molecule has 1 saturated heterocycles. The monoisotopic (exact) mass is 401 g/mol. The molecule has 0 radical (unpaired) electrons. The number of carbonyl (C=O) groups is 1. The van der Waals surface area contributed by atoms with Gasteiger partial charge >= 0.3 is 0 Å². The van der Waals surface area contributed by atoms with Crippen molar-refractivity contribution in [3.63, 3.8) is 0 Å². The highest BCUT2D eigenvalue weighted by Crippen LogP contribution is 2.34. The Morgan fingerprint density at radius 1 is 1.31 bits per heavy atom. The van der Waals surface area contributed by atoms with Gasteiger partial charge in [0.2, 0.25) is 5.91 Å². The Morgan fingerprint density at radius 3 is 2.79 bits per heavy atom. The van der Waals surface area contributed by atoms with Gasteiger partial charge in [-0.2, -0.15) is 5.10 Å². The Hall–Kier alpha value is -2.26. The van der Waals surface area contributed by atoms with Crippen molar-refractivity contribution < 1.29 is 9.90 Å². The summed E-state index contributed by atoms with van der Waals surface area (Å²) >= 11 is 0. The average Bonchev–Trinajstić information content (AvgIpc) is 3.38. The molecule has 4 heterocycles. The summed E-state index contributed by atoms with van der Waals surface area (Å²) in [6, 6.07) is 0.0166. The maximum Gasteiger partial charge on any atom is 0.225 e. The summed E-state index contributed by atoms with van der Waals surface area (Å²) in [5.41, 5.74) is 2.34. The number of rotatable bonds is 5. The van der Waals surface area contributed by atoms with Crippen LogP contribution in [0.1, 0.15) is 56.1 Å². The number of amides is 1. The van der Waals surface area contributed by atoms with E-state index in [1.807, 2.05) is 29.6 Å². The normalized spacial score (nSPS) is 22.5. The molecule has 4 rings (SSSR count). The van der Waals surface area contributed by atoms with E-state index in [9.17, 15) is 9.90 Å². The molecule has 2 atom stereocenters. The quantitative estimate of drug-likeness (QED) is 0.807. The zero-order chi connectivity index (χ0) is 20.7. The maximum absolute atomic E-state index is 12.3. The Morgan fingerprint density at radius 2 is 2.10 bits per heavy atom. The van der Waals surface area contributed by atoms with Crippen LogP contribution in [0.2, 0.25) is 0 Å². The molecule has 2 aliphatic rings. The van der Waals surface area contributed by atoms with Crippen LogP contribution in [0.25, 0.3) is 0 Å². The summed E-state index contributed by atoms with van der Waals surface area (Å²) in [7, 11) is 0. The van der Waals surface area contributed by atoms with Gasteiger partial charge in [0, 0.05) is 49.9 Å². The van der Waals surface area contributed by atoms with Crippen molar-refractivity contribution in [1.82, 2.24) is 34.3 Å². The first-order chi connectivity index (χ1) is 13.9. The lowest BCUT2D eigenvalue weighted by Gasteiger charge is -2.30. The van der Waals surface area contributed by atoms with Crippen molar-refractivity contribution in [1.29, 1.82) is 0 Å². The first kappa shape index (κ1) is 20.0. The second kappa shape index (κ2) is 7.87. The Bertz CT molecular complexity index is 888. The SMILES string of the molecule is CCn1ncc(CN2C[C@@H](O)C[C@H]2c2nnc3n2CCN(C(=O)C(C)C)C3)c1C. The highest BCUT2D eigenvalue weighted by atomic mass is 16.3. The van der Waals surface area contributed by atoms with Gasteiger partial charge in [0.1, 0.15) is 0 Å². The fraction of sp³-hybridized carbons (Fsp3) is 0.700. The first-order valence-electron chi connectivity index (χ1n) is 10.5. The number of carbonyl (C=O) groups excluding carboxylic acids is 1. The molecule has 0 aromatic carbocycles. The molecule has 2 aromatic rings. The first-order valence-corrected chi connectivity index (χ1v) is 10.5. The van der Waals surface area contributed by atoms with Crippen LogP contribution in [0.4, 0.5) is 0 Å². The van der Waals surface area contributed by atoms with E-state index >= 15 is 0 Å². The van der Waals surface area contributed by atoms with Crippen molar-refractivity contribution in [2.24, 2.45) is 5.92 Å². The van der Waals surface area contributed by atoms with Crippen molar-refractivity contribution in [2.45, 2.75) is 72.4 Å². The predicted molar refractivity (Wildman–Crippen MR) is 107 cm³/mol. The average molecular weight is 402 g/mol. The van der Waals surface area contributed by atoms with Crippen LogP contribution in [0, 0.1) is 12.8 Å². The van der Waals surface area contributed by atoms with Crippen LogP contribution in [-0.2, 0) is 31.0 Å². The number of aromatic nitrogens is 5. The second-order valence-corrected chi connectivity index (χ2v) is 8.45. The summed E-state index contributed by atoms with van der Waals surface area (Å²) < 4.78 is 4.14. The van der Waals surface area contributed by atoms with E-state index in [2.05, 4.69) is 38.6 Å². The number of likely N-dealkylation sites (tertiary alicyclic amines) is 1. The number of hydrogen-bond acceptors (Lipinski definition) is 6. The minimum atomic E-state index is -0.378. The number of β-amino-alcohol motifs (C(OH)–C–C–N with tert-alkyl or cyclic N) is 1. The molecular weight excluding hydrogens is 370 g/mol. The molecule has 9 nitrogen and oxygen atoms in total. The molecule has 1 fully saturated rings. The molecule has 0 aliphatic carbocycles. The lowest BCUT2D eigenvalue weighted by molar-refractivity contribution is -0.136. The van der Waals surface area contributed by atoms with Crippen molar-refractivity contribution in [3.05, 3.63) is 29.1 Å². The maximum atomic E-state index is 12.3. The number of aryl methyl sites for hydroxylation is 1. The van der Waals surface area contributed by atoms with Crippen molar-refractivity contribution >= 4 is 5.91 Å². The van der Waals surface area contributed by atoms with E-state index in [1.165, 1.54) is 11.3 Å². The van der Waals surface area contributed by atoms with Gasteiger partial charge in [0.05, 0.1) is 24.9 Å². The van der Waals surface area contributed by atoms with Gasteiger partial charge in [-0.3, -0.25) is 14.4 Å². The van der Waals surface area contributed by atoms with E-state index in [0.717, 1.165) is 24.7 Å². The van der Waals surface area contributed by atoms with Gasteiger partial charge < -0.3 is 14.6 Å². The van der Waals surface area contributed by atoms with Crippen LogP contribution in [0.3, 0.4) is 0 Å². The minimum absolute atomic E-state index is 0.0166. The molecule has 1 amide bonds. The third-order valence-electron chi connectivity index (χ3n) is 6.14. The fourth-order valence-corrected chi connectivity index (χ4v) is 4.48. The molecule has 0 saturated carbocycles. The summed E-state index contributed by atoms with van der Waals surface area (Å²) in [4.78, 5) is 16.5. The van der Waals surface area contributed by atoms with E-state index in [1.54, 1.807) is 0 Å². The molecular formula is C20H31N7O2. The lowest BCUT2D eigenvalue weighted by atomic mass is 10.1. The molecule has 0 unspecified atom stereocenters. The van der Waals surface area contributed by atoms with E-state index in [0.29, 0.717) is 32.6 Å². The predicted octanol–water partition coefficient (Wildman–Crippen LogP) is 1.11. The van der Waals surface area contributed by atoms with Crippen LogP contribution in [-0.4, -0.2) is 64.6 Å². The zero-order valence-electron chi connectivity index (χ0n) is 17.7. The fourth-order valence-electron chi connectivity index (χ4n) is 4.48. The van der Waals surface area contributed by atoms with Crippen molar-refractivity contribution in [2.75, 3.05) is 13.1 Å². The third-order valence-corrected chi connectivity index (χ3v) is 6.14. The van der Waals surface area contributed by atoms with Crippen LogP contribution < -0.4 is 0 Å². The van der Waals surface area contributed by atoms with Gasteiger partial charge in [-0.1, -0.05) is 13.8 Å². The summed E-state index contributed by atoms with van der Waals surface area (Å²) in [6.07, 6.45) is 2.19. The molecule has 158 valence electrons. The lowest BCUT2D eigenvalue weighted by Crippen LogP contribution is -2.41. The largest absolute Gasteiger partial charge is 0.392 e. The van der Waals surface area contributed by atoms with E-state index in [4.69, 9.17) is 0 Å². The molecule has 0 spiro atoms. The minimum Gasteiger partial charge on any atom is -0.392 e. The Labute approximate surface area is 171 Å². The summed E-state index contributed by atoms with van der Waals surface area (Å²) in [5, 5.41) is 23.7. The van der Waals surface area contributed by atoms with Crippen LogP contribution in [0.5, 0.6) is 0 Å².